The summed E-state index contributed by atoms with van der Waals surface area (Å²) in [5.74, 6) is 0.921. The number of carbonyl (C=O) groups excluding carboxylic acids is 1. The lowest BCUT2D eigenvalue weighted by Gasteiger charge is -2.03. The number of cyclic esters (lactones) is 1. The van der Waals surface area contributed by atoms with E-state index in [0.29, 0.717) is 11.3 Å². The van der Waals surface area contributed by atoms with Crippen LogP contribution in [0.4, 0.5) is 0 Å². The van der Waals surface area contributed by atoms with Crippen molar-refractivity contribution in [2.75, 3.05) is 7.11 Å². The molecule has 0 saturated carbocycles. The van der Waals surface area contributed by atoms with Crippen molar-refractivity contribution < 1.29 is 14.3 Å². The fourth-order valence-corrected chi connectivity index (χ4v) is 2.01. The van der Waals surface area contributed by atoms with Crippen molar-refractivity contribution >= 4 is 17.8 Å². The van der Waals surface area contributed by atoms with E-state index in [1.807, 2.05) is 42.5 Å². The van der Waals surface area contributed by atoms with Crippen LogP contribution in [0.1, 0.15) is 11.3 Å². The molecular formula is C17H13NO3. The molecule has 0 radical (unpaired) electrons. The molecule has 1 aromatic carbocycles. The topological polar surface area (TPSA) is 48.4 Å². The summed E-state index contributed by atoms with van der Waals surface area (Å²) in [6, 6.07) is 12.9. The average Bonchev–Trinajstić information content (AvgIpc) is 2.89. The van der Waals surface area contributed by atoms with Gasteiger partial charge in [-0.3, -0.25) is 4.98 Å². The van der Waals surface area contributed by atoms with E-state index in [0.717, 1.165) is 17.0 Å². The highest BCUT2D eigenvalue weighted by Gasteiger charge is 2.22. The lowest BCUT2D eigenvalue weighted by atomic mass is 10.1. The first-order valence-corrected chi connectivity index (χ1v) is 6.47. The van der Waals surface area contributed by atoms with E-state index in [4.69, 9.17) is 9.47 Å². The normalized spacial score (nSPS) is 15.8. The molecule has 0 atom stereocenters. The summed E-state index contributed by atoms with van der Waals surface area (Å²) >= 11 is 0. The lowest BCUT2D eigenvalue weighted by Crippen LogP contribution is -1.97. The van der Waals surface area contributed by atoms with Crippen molar-refractivity contribution in [2.24, 2.45) is 0 Å². The number of hydrogen-bond donors (Lipinski definition) is 0. The zero-order valence-electron chi connectivity index (χ0n) is 11.4. The van der Waals surface area contributed by atoms with Gasteiger partial charge in [-0.25, -0.2) is 4.79 Å². The van der Waals surface area contributed by atoms with E-state index in [1.54, 1.807) is 25.5 Å². The number of nitrogens with zero attached hydrogens (tertiary/aromatic N) is 1. The Bertz CT molecular complexity index is 715. The van der Waals surface area contributed by atoms with Gasteiger partial charge in [-0.2, -0.15) is 0 Å². The summed E-state index contributed by atoms with van der Waals surface area (Å²) < 4.78 is 10.4. The van der Waals surface area contributed by atoms with Gasteiger partial charge in [-0.1, -0.05) is 6.07 Å². The second-order valence-corrected chi connectivity index (χ2v) is 4.48. The predicted octanol–water partition coefficient (Wildman–Crippen LogP) is 3.07. The highest BCUT2D eigenvalue weighted by Crippen LogP contribution is 2.28. The minimum atomic E-state index is -0.369. The Hall–Kier alpha value is -2.88. The largest absolute Gasteiger partial charge is 0.497 e. The Kier molecular flexibility index (Phi) is 3.51. The quantitative estimate of drug-likeness (QED) is 0.640. The summed E-state index contributed by atoms with van der Waals surface area (Å²) in [6.07, 6.45) is 5.11. The van der Waals surface area contributed by atoms with Gasteiger partial charge < -0.3 is 9.47 Å². The second-order valence-electron chi connectivity index (χ2n) is 4.48. The second kappa shape index (κ2) is 5.63. The molecule has 0 bridgehead atoms. The molecule has 1 aromatic heterocycles. The van der Waals surface area contributed by atoms with Crippen LogP contribution in [0, 0.1) is 0 Å². The minimum Gasteiger partial charge on any atom is -0.497 e. The molecule has 1 aliphatic heterocycles. The first-order chi connectivity index (χ1) is 10.3. The van der Waals surface area contributed by atoms with Gasteiger partial charge in [0.15, 0.2) is 0 Å². The summed E-state index contributed by atoms with van der Waals surface area (Å²) in [4.78, 5) is 16.1. The molecule has 0 unspecified atom stereocenters. The number of carbonyl (C=O) groups is 1. The summed E-state index contributed by atoms with van der Waals surface area (Å²) in [6.45, 7) is 0. The van der Waals surface area contributed by atoms with Gasteiger partial charge >= 0.3 is 5.97 Å². The van der Waals surface area contributed by atoms with E-state index in [2.05, 4.69) is 4.98 Å². The number of hydrogen-bond acceptors (Lipinski definition) is 4. The van der Waals surface area contributed by atoms with E-state index in [-0.39, 0.29) is 5.97 Å². The summed E-state index contributed by atoms with van der Waals surface area (Å²) in [5.41, 5.74) is 2.03. The van der Waals surface area contributed by atoms with Crippen LogP contribution in [-0.4, -0.2) is 18.1 Å². The van der Waals surface area contributed by atoms with Crippen LogP contribution in [0.5, 0.6) is 5.75 Å². The first kappa shape index (κ1) is 13.1. The molecule has 0 amide bonds. The molecule has 0 aliphatic carbocycles. The lowest BCUT2D eigenvalue weighted by molar-refractivity contribution is -0.130. The maximum Gasteiger partial charge on any atom is 0.343 e. The van der Waals surface area contributed by atoms with Gasteiger partial charge in [0, 0.05) is 11.8 Å². The van der Waals surface area contributed by atoms with Gasteiger partial charge in [0.1, 0.15) is 11.5 Å². The molecule has 4 nitrogen and oxygen atoms in total. The third kappa shape index (κ3) is 2.84. The van der Waals surface area contributed by atoms with Crippen LogP contribution < -0.4 is 4.74 Å². The molecule has 0 saturated heterocycles. The fourth-order valence-electron chi connectivity index (χ4n) is 2.01. The van der Waals surface area contributed by atoms with Gasteiger partial charge in [0.2, 0.25) is 0 Å². The van der Waals surface area contributed by atoms with E-state index in [1.165, 1.54) is 0 Å². The molecule has 21 heavy (non-hydrogen) atoms. The molecule has 104 valence electrons. The summed E-state index contributed by atoms with van der Waals surface area (Å²) in [7, 11) is 1.61. The average molecular weight is 279 g/mol. The van der Waals surface area contributed by atoms with Crippen LogP contribution in [0.25, 0.3) is 11.8 Å². The van der Waals surface area contributed by atoms with Crippen molar-refractivity contribution in [3.05, 3.63) is 71.6 Å². The maximum absolute atomic E-state index is 11.9. The number of methoxy groups -OCH3 is 1. The van der Waals surface area contributed by atoms with Crippen LogP contribution >= 0.6 is 0 Å². The van der Waals surface area contributed by atoms with E-state index < -0.39 is 0 Å². The number of rotatable bonds is 3. The molecule has 3 rings (SSSR count). The number of pyridine rings is 1. The number of benzene rings is 1. The Balaban J connectivity index is 1.89. The Morgan fingerprint density at radius 2 is 1.95 bits per heavy atom. The van der Waals surface area contributed by atoms with Gasteiger partial charge in [0.05, 0.1) is 18.4 Å². The molecule has 2 heterocycles. The first-order valence-electron chi connectivity index (χ1n) is 6.47. The van der Waals surface area contributed by atoms with Crippen LogP contribution in [0.15, 0.2) is 60.3 Å². The van der Waals surface area contributed by atoms with E-state index in [9.17, 15) is 4.79 Å². The highest BCUT2D eigenvalue weighted by atomic mass is 16.5. The summed E-state index contributed by atoms with van der Waals surface area (Å²) in [5, 5.41) is 0. The third-order valence-electron chi connectivity index (χ3n) is 3.09. The maximum atomic E-state index is 11.9. The smallest absolute Gasteiger partial charge is 0.343 e. The molecular weight excluding hydrogens is 266 g/mol. The number of esters is 1. The highest BCUT2D eigenvalue weighted by molar-refractivity contribution is 6.04. The fraction of sp³-hybridized carbons (Fsp3) is 0.0588. The molecule has 4 heteroatoms. The monoisotopic (exact) mass is 279 g/mol. The van der Waals surface area contributed by atoms with Gasteiger partial charge in [0.25, 0.3) is 0 Å². The Labute approximate surface area is 122 Å². The van der Waals surface area contributed by atoms with Crippen molar-refractivity contribution in [2.45, 2.75) is 0 Å². The SMILES string of the molecule is COc1ccc(C2=C/C(=C/c3ccccn3)C(=O)O2)cc1. The van der Waals surface area contributed by atoms with Gasteiger partial charge in [-0.05, 0) is 48.6 Å². The number of aromatic nitrogens is 1. The number of ether oxygens (including phenoxy) is 2. The van der Waals surface area contributed by atoms with Gasteiger partial charge in [-0.15, -0.1) is 0 Å². The molecule has 0 spiro atoms. The van der Waals surface area contributed by atoms with E-state index >= 15 is 0 Å². The zero-order chi connectivity index (χ0) is 14.7. The Morgan fingerprint density at radius 1 is 1.14 bits per heavy atom. The molecule has 1 aliphatic rings. The van der Waals surface area contributed by atoms with Crippen molar-refractivity contribution in [3.8, 4) is 5.75 Å². The minimum absolute atomic E-state index is 0.369. The van der Waals surface area contributed by atoms with Crippen LogP contribution in [0.2, 0.25) is 0 Å². The Morgan fingerprint density at radius 3 is 2.62 bits per heavy atom. The molecule has 0 fully saturated rings. The van der Waals surface area contributed by atoms with Crippen LogP contribution in [-0.2, 0) is 9.53 Å². The standard InChI is InChI=1S/C17H13NO3/c1-20-15-7-5-12(6-8-15)16-11-13(17(19)21-16)10-14-4-2-3-9-18-14/h2-11H,1H3/b13-10-. The molecule has 0 N–H and O–H groups in total. The zero-order valence-corrected chi connectivity index (χ0v) is 11.4. The van der Waals surface area contributed by atoms with Crippen molar-refractivity contribution in [1.82, 2.24) is 4.98 Å². The van der Waals surface area contributed by atoms with Crippen molar-refractivity contribution in [1.29, 1.82) is 0 Å². The predicted molar refractivity (Wildman–Crippen MR) is 79.3 cm³/mol. The molecule has 2 aromatic rings. The third-order valence-corrected chi connectivity index (χ3v) is 3.09. The van der Waals surface area contributed by atoms with Crippen LogP contribution in [0.3, 0.4) is 0 Å². The van der Waals surface area contributed by atoms with Crippen molar-refractivity contribution in [3.63, 3.8) is 0 Å².